The number of hydrogen-bond acceptors (Lipinski definition) is 3. The Morgan fingerprint density at radius 1 is 1.37 bits per heavy atom. The van der Waals surface area contributed by atoms with E-state index in [0.29, 0.717) is 28.4 Å². The number of fused-ring (bicyclic) bond motifs is 1. The van der Waals surface area contributed by atoms with Crippen molar-refractivity contribution >= 4 is 17.5 Å². The van der Waals surface area contributed by atoms with Crippen LogP contribution >= 0.6 is 11.6 Å². The number of rotatable bonds is 3. The minimum atomic E-state index is 0.0105. The van der Waals surface area contributed by atoms with Gasteiger partial charge in [0.05, 0.1) is 0 Å². The standard InChI is InChI=1S/C14H16ClNO3/c1-16(7-9-4-11(15)5-9)14(17)10-2-3-12-13(6-10)19-8-18-12/h2-3,6,9,11H,4-5,7-8H2,1H3. The summed E-state index contributed by atoms with van der Waals surface area (Å²) >= 11 is 5.95. The van der Waals surface area contributed by atoms with E-state index < -0.39 is 0 Å². The molecule has 1 saturated carbocycles. The van der Waals surface area contributed by atoms with Crippen molar-refractivity contribution in [3.8, 4) is 11.5 Å². The van der Waals surface area contributed by atoms with Gasteiger partial charge in [0, 0.05) is 24.5 Å². The van der Waals surface area contributed by atoms with E-state index in [1.165, 1.54) is 0 Å². The van der Waals surface area contributed by atoms with E-state index in [9.17, 15) is 4.79 Å². The minimum absolute atomic E-state index is 0.0105. The maximum absolute atomic E-state index is 12.3. The summed E-state index contributed by atoms with van der Waals surface area (Å²) in [5, 5.41) is 0.291. The number of benzene rings is 1. The molecule has 1 fully saturated rings. The molecular weight excluding hydrogens is 266 g/mol. The largest absolute Gasteiger partial charge is 0.454 e. The Labute approximate surface area is 117 Å². The number of hydrogen-bond donors (Lipinski definition) is 0. The van der Waals surface area contributed by atoms with Crippen LogP contribution in [0.15, 0.2) is 18.2 Å². The Morgan fingerprint density at radius 3 is 2.84 bits per heavy atom. The van der Waals surface area contributed by atoms with E-state index in [4.69, 9.17) is 21.1 Å². The number of alkyl halides is 1. The third kappa shape index (κ3) is 2.50. The third-order valence-corrected chi connectivity index (χ3v) is 4.03. The van der Waals surface area contributed by atoms with E-state index in [1.54, 1.807) is 23.1 Å². The number of carbonyl (C=O) groups excluding carboxylic acids is 1. The average Bonchev–Trinajstić information content (AvgIpc) is 2.83. The molecule has 2 aliphatic rings. The molecule has 1 aliphatic carbocycles. The van der Waals surface area contributed by atoms with E-state index >= 15 is 0 Å². The van der Waals surface area contributed by atoms with Crippen LogP contribution in [0.4, 0.5) is 0 Å². The van der Waals surface area contributed by atoms with Gasteiger partial charge in [0.15, 0.2) is 11.5 Å². The van der Waals surface area contributed by atoms with Crippen molar-refractivity contribution in [1.82, 2.24) is 4.90 Å². The van der Waals surface area contributed by atoms with E-state index in [-0.39, 0.29) is 12.7 Å². The topological polar surface area (TPSA) is 38.8 Å². The van der Waals surface area contributed by atoms with Crippen molar-refractivity contribution in [2.24, 2.45) is 5.92 Å². The summed E-state index contributed by atoms with van der Waals surface area (Å²) in [6.07, 6.45) is 2.00. The summed E-state index contributed by atoms with van der Waals surface area (Å²) in [6.45, 7) is 0.985. The maximum atomic E-state index is 12.3. The second-order valence-electron chi connectivity index (χ2n) is 5.19. The van der Waals surface area contributed by atoms with E-state index in [0.717, 1.165) is 19.4 Å². The monoisotopic (exact) mass is 281 g/mol. The zero-order chi connectivity index (χ0) is 13.4. The number of halogens is 1. The predicted octanol–water partition coefficient (Wildman–Crippen LogP) is 2.50. The second kappa shape index (κ2) is 4.93. The first-order chi connectivity index (χ1) is 9.13. The first kappa shape index (κ1) is 12.6. The third-order valence-electron chi connectivity index (χ3n) is 3.68. The van der Waals surface area contributed by atoms with Crippen molar-refractivity contribution in [3.05, 3.63) is 23.8 Å². The molecule has 1 aromatic rings. The molecule has 1 aliphatic heterocycles. The van der Waals surface area contributed by atoms with Crippen LogP contribution in [0.1, 0.15) is 23.2 Å². The van der Waals surface area contributed by atoms with Gasteiger partial charge in [-0.05, 0) is 37.0 Å². The smallest absolute Gasteiger partial charge is 0.253 e. The quantitative estimate of drug-likeness (QED) is 0.799. The van der Waals surface area contributed by atoms with E-state index in [2.05, 4.69) is 0 Å². The summed E-state index contributed by atoms with van der Waals surface area (Å²) in [5.41, 5.74) is 0.633. The van der Waals surface area contributed by atoms with Gasteiger partial charge < -0.3 is 14.4 Å². The van der Waals surface area contributed by atoms with E-state index in [1.807, 2.05) is 7.05 Å². The lowest BCUT2D eigenvalue weighted by Gasteiger charge is -2.34. The van der Waals surface area contributed by atoms with Crippen LogP contribution in [0.5, 0.6) is 11.5 Å². The van der Waals surface area contributed by atoms with Crippen LogP contribution in [0, 0.1) is 5.92 Å². The summed E-state index contributed by atoms with van der Waals surface area (Å²) in [5.74, 6) is 1.88. The minimum Gasteiger partial charge on any atom is -0.454 e. The lowest BCUT2D eigenvalue weighted by Crippen LogP contribution is -2.37. The van der Waals surface area contributed by atoms with Crippen LogP contribution in [0.25, 0.3) is 0 Å². The zero-order valence-corrected chi connectivity index (χ0v) is 11.5. The summed E-state index contributed by atoms with van der Waals surface area (Å²) in [4.78, 5) is 14.1. The molecule has 1 heterocycles. The van der Waals surface area contributed by atoms with Crippen LogP contribution in [-0.4, -0.2) is 36.6 Å². The fraction of sp³-hybridized carbons (Fsp3) is 0.500. The highest BCUT2D eigenvalue weighted by atomic mass is 35.5. The van der Waals surface area contributed by atoms with Gasteiger partial charge in [0.25, 0.3) is 5.91 Å². The molecule has 0 spiro atoms. The molecule has 0 saturated heterocycles. The normalized spacial score (nSPS) is 23.9. The molecular formula is C14H16ClNO3. The van der Waals surface area contributed by atoms with Gasteiger partial charge in [-0.1, -0.05) is 0 Å². The van der Waals surface area contributed by atoms with Crippen molar-refractivity contribution in [3.63, 3.8) is 0 Å². The molecule has 1 amide bonds. The number of amides is 1. The highest BCUT2D eigenvalue weighted by molar-refractivity contribution is 6.21. The second-order valence-corrected chi connectivity index (χ2v) is 5.81. The van der Waals surface area contributed by atoms with Gasteiger partial charge in [-0.15, -0.1) is 11.6 Å². The summed E-state index contributed by atoms with van der Waals surface area (Å²) in [7, 11) is 1.83. The molecule has 0 atom stereocenters. The lowest BCUT2D eigenvalue weighted by atomic mass is 9.84. The van der Waals surface area contributed by atoms with Crippen LogP contribution in [0.3, 0.4) is 0 Å². The first-order valence-corrected chi connectivity index (χ1v) is 6.86. The van der Waals surface area contributed by atoms with Crippen LogP contribution < -0.4 is 9.47 Å². The molecule has 0 aromatic heterocycles. The molecule has 5 heteroatoms. The Morgan fingerprint density at radius 2 is 2.11 bits per heavy atom. The molecule has 19 heavy (non-hydrogen) atoms. The Bertz CT molecular complexity index is 499. The number of carbonyl (C=O) groups is 1. The number of ether oxygens (including phenoxy) is 2. The van der Waals surface area contributed by atoms with Crippen LogP contribution in [0.2, 0.25) is 0 Å². The van der Waals surface area contributed by atoms with Crippen molar-refractivity contribution in [2.75, 3.05) is 20.4 Å². The number of nitrogens with zero attached hydrogens (tertiary/aromatic N) is 1. The Balaban J connectivity index is 1.66. The zero-order valence-electron chi connectivity index (χ0n) is 10.8. The van der Waals surface area contributed by atoms with Gasteiger partial charge in [0.1, 0.15) is 0 Å². The Hall–Kier alpha value is -1.42. The van der Waals surface area contributed by atoms with Gasteiger partial charge in [-0.3, -0.25) is 4.79 Å². The van der Waals surface area contributed by atoms with Gasteiger partial charge >= 0.3 is 0 Å². The average molecular weight is 282 g/mol. The van der Waals surface area contributed by atoms with Gasteiger partial charge in [0.2, 0.25) is 6.79 Å². The highest BCUT2D eigenvalue weighted by Crippen LogP contribution is 2.34. The fourth-order valence-electron chi connectivity index (χ4n) is 2.52. The summed E-state index contributed by atoms with van der Waals surface area (Å²) in [6, 6.07) is 5.30. The van der Waals surface area contributed by atoms with Gasteiger partial charge in [-0.2, -0.15) is 0 Å². The maximum Gasteiger partial charge on any atom is 0.253 e. The molecule has 1 aromatic carbocycles. The fourth-order valence-corrected chi connectivity index (χ4v) is 3.03. The molecule has 0 radical (unpaired) electrons. The van der Waals surface area contributed by atoms with Gasteiger partial charge in [-0.25, -0.2) is 0 Å². The summed E-state index contributed by atoms with van der Waals surface area (Å²) < 4.78 is 10.5. The van der Waals surface area contributed by atoms with Crippen molar-refractivity contribution < 1.29 is 14.3 Å². The molecule has 0 bridgehead atoms. The predicted molar refractivity (Wildman–Crippen MR) is 71.9 cm³/mol. The molecule has 4 nitrogen and oxygen atoms in total. The lowest BCUT2D eigenvalue weighted by molar-refractivity contribution is 0.0746. The van der Waals surface area contributed by atoms with Crippen molar-refractivity contribution in [1.29, 1.82) is 0 Å². The first-order valence-electron chi connectivity index (χ1n) is 6.42. The Kier molecular flexibility index (Phi) is 3.27. The SMILES string of the molecule is CN(CC1CC(Cl)C1)C(=O)c1ccc2c(c1)OCO2. The molecule has 102 valence electrons. The van der Waals surface area contributed by atoms with Crippen molar-refractivity contribution in [2.45, 2.75) is 18.2 Å². The van der Waals surface area contributed by atoms with Crippen LogP contribution in [-0.2, 0) is 0 Å². The molecule has 0 unspecified atom stereocenters. The molecule has 3 rings (SSSR count). The highest BCUT2D eigenvalue weighted by Gasteiger charge is 2.29. The molecule has 0 N–H and O–H groups in total.